The third-order valence-electron chi connectivity index (χ3n) is 2.57. The number of pyridine rings is 1. The predicted octanol–water partition coefficient (Wildman–Crippen LogP) is 1.04. The van der Waals surface area contributed by atoms with Crippen LogP contribution in [0.15, 0.2) is 18.2 Å². The van der Waals surface area contributed by atoms with Crippen molar-refractivity contribution in [2.24, 2.45) is 5.92 Å². The second kappa shape index (κ2) is 3.92. The number of anilines is 1. The average Bonchev–Trinajstić information content (AvgIpc) is 2.66. The molecule has 4 heteroatoms. The highest BCUT2D eigenvalue weighted by atomic mass is 19.1. The molecule has 14 heavy (non-hydrogen) atoms. The molecule has 2 heterocycles. The van der Waals surface area contributed by atoms with Gasteiger partial charge >= 0.3 is 0 Å². The fraction of sp³-hybridized carbons (Fsp3) is 0.500. The first kappa shape index (κ1) is 9.40. The Kier molecular flexibility index (Phi) is 2.63. The van der Waals surface area contributed by atoms with Crippen molar-refractivity contribution in [3.05, 3.63) is 24.1 Å². The third-order valence-corrected chi connectivity index (χ3v) is 2.57. The molecular formula is C10H13FN2O. The lowest BCUT2D eigenvalue weighted by atomic mass is 10.1. The number of rotatable bonds is 2. The van der Waals surface area contributed by atoms with Crippen molar-refractivity contribution < 1.29 is 9.50 Å². The molecule has 76 valence electrons. The summed E-state index contributed by atoms with van der Waals surface area (Å²) in [4.78, 5) is 5.81. The number of hydrogen-bond acceptors (Lipinski definition) is 3. The summed E-state index contributed by atoms with van der Waals surface area (Å²) in [7, 11) is 0. The number of halogens is 1. The van der Waals surface area contributed by atoms with E-state index in [0.717, 1.165) is 19.5 Å². The zero-order chi connectivity index (χ0) is 9.97. The molecule has 1 fully saturated rings. The van der Waals surface area contributed by atoms with Crippen molar-refractivity contribution in [1.29, 1.82) is 0 Å². The Labute approximate surface area is 82.2 Å². The molecule has 0 radical (unpaired) electrons. The van der Waals surface area contributed by atoms with E-state index in [1.54, 1.807) is 12.1 Å². The normalized spacial score (nSPS) is 21.6. The Balaban J connectivity index is 2.09. The minimum absolute atomic E-state index is 0.200. The smallest absolute Gasteiger partial charge is 0.214 e. The lowest BCUT2D eigenvalue weighted by Crippen LogP contribution is -2.21. The van der Waals surface area contributed by atoms with Gasteiger partial charge in [-0.2, -0.15) is 4.39 Å². The number of aromatic nitrogens is 1. The monoisotopic (exact) mass is 196 g/mol. The molecule has 3 nitrogen and oxygen atoms in total. The summed E-state index contributed by atoms with van der Waals surface area (Å²) in [6.45, 7) is 1.82. The summed E-state index contributed by atoms with van der Waals surface area (Å²) in [5.74, 6) is 0.524. The van der Waals surface area contributed by atoms with E-state index < -0.39 is 5.95 Å². The van der Waals surface area contributed by atoms with Gasteiger partial charge < -0.3 is 10.0 Å². The van der Waals surface area contributed by atoms with Crippen LogP contribution in [0.5, 0.6) is 0 Å². The van der Waals surface area contributed by atoms with E-state index in [9.17, 15) is 4.39 Å². The van der Waals surface area contributed by atoms with E-state index >= 15 is 0 Å². The first-order valence-corrected chi connectivity index (χ1v) is 4.78. The maximum Gasteiger partial charge on any atom is 0.214 e. The lowest BCUT2D eigenvalue weighted by molar-refractivity contribution is 0.238. The molecule has 0 spiro atoms. The summed E-state index contributed by atoms with van der Waals surface area (Å²) >= 11 is 0. The van der Waals surface area contributed by atoms with Crippen molar-refractivity contribution in [1.82, 2.24) is 4.98 Å². The highest BCUT2D eigenvalue weighted by molar-refractivity contribution is 5.39. The second-order valence-electron chi connectivity index (χ2n) is 3.60. The molecule has 1 aliphatic heterocycles. The van der Waals surface area contributed by atoms with Gasteiger partial charge in [-0.05, 0) is 18.6 Å². The minimum Gasteiger partial charge on any atom is -0.396 e. The predicted molar refractivity (Wildman–Crippen MR) is 51.6 cm³/mol. The van der Waals surface area contributed by atoms with Gasteiger partial charge in [0, 0.05) is 25.6 Å². The zero-order valence-corrected chi connectivity index (χ0v) is 7.86. The van der Waals surface area contributed by atoms with Gasteiger partial charge in [-0.3, -0.25) is 0 Å². The van der Waals surface area contributed by atoms with Crippen LogP contribution in [0.4, 0.5) is 10.2 Å². The molecule has 0 saturated carbocycles. The number of hydrogen-bond donors (Lipinski definition) is 1. The van der Waals surface area contributed by atoms with Crippen LogP contribution >= 0.6 is 0 Å². The molecule has 1 aliphatic rings. The standard InChI is InChI=1S/C10H13FN2O/c11-9-2-1-3-10(12-9)13-5-4-8(6-13)7-14/h1-3,8,14H,4-7H2. The Morgan fingerprint density at radius 2 is 2.43 bits per heavy atom. The van der Waals surface area contributed by atoms with Crippen LogP contribution in [0.2, 0.25) is 0 Å². The Morgan fingerprint density at radius 1 is 1.57 bits per heavy atom. The van der Waals surface area contributed by atoms with Crippen LogP contribution in [-0.4, -0.2) is 29.8 Å². The minimum atomic E-state index is -0.449. The van der Waals surface area contributed by atoms with Crippen LogP contribution in [0.1, 0.15) is 6.42 Å². The lowest BCUT2D eigenvalue weighted by Gasteiger charge is -2.16. The van der Waals surface area contributed by atoms with Gasteiger partial charge in [-0.25, -0.2) is 4.98 Å². The topological polar surface area (TPSA) is 36.4 Å². The largest absolute Gasteiger partial charge is 0.396 e. The Bertz CT molecular complexity index is 319. The fourth-order valence-electron chi connectivity index (χ4n) is 1.76. The van der Waals surface area contributed by atoms with Gasteiger partial charge in [0.2, 0.25) is 5.95 Å². The van der Waals surface area contributed by atoms with Crippen LogP contribution in [0.3, 0.4) is 0 Å². The van der Waals surface area contributed by atoms with Gasteiger partial charge in [0.1, 0.15) is 5.82 Å². The molecule has 1 aromatic rings. The Morgan fingerprint density at radius 3 is 3.07 bits per heavy atom. The van der Waals surface area contributed by atoms with Gasteiger partial charge in [0.25, 0.3) is 0 Å². The van der Waals surface area contributed by atoms with Crippen LogP contribution < -0.4 is 4.90 Å². The van der Waals surface area contributed by atoms with Crippen molar-refractivity contribution in [3.63, 3.8) is 0 Å². The first-order valence-electron chi connectivity index (χ1n) is 4.78. The van der Waals surface area contributed by atoms with Gasteiger partial charge in [-0.1, -0.05) is 6.07 Å². The summed E-state index contributed by atoms with van der Waals surface area (Å²) in [5, 5.41) is 8.96. The van der Waals surface area contributed by atoms with Gasteiger partial charge in [-0.15, -0.1) is 0 Å². The van der Waals surface area contributed by atoms with Crippen molar-refractivity contribution >= 4 is 5.82 Å². The van der Waals surface area contributed by atoms with E-state index in [4.69, 9.17) is 5.11 Å². The zero-order valence-electron chi connectivity index (χ0n) is 7.86. The molecule has 1 N–H and O–H groups in total. The SMILES string of the molecule is OCC1CCN(c2cccc(F)n2)C1. The van der Waals surface area contributed by atoms with E-state index in [2.05, 4.69) is 4.98 Å². The summed E-state index contributed by atoms with van der Waals surface area (Å²) in [5.41, 5.74) is 0. The highest BCUT2D eigenvalue weighted by Gasteiger charge is 2.22. The number of aliphatic hydroxyl groups excluding tert-OH is 1. The van der Waals surface area contributed by atoms with Gasteiger partial charge in [0.05, 0.1) is 0 Å². The van der Waals surface area contributed by atoms with E-state index in [1.165, 1.54) is 6.07 Å². The van der Waals surface area contributed by atoms with Crippen molar-refractivity contribution in [3.8, 4) is 0 Å². The quantitative estimate of drug-likeness (QED) is 0.718. The first-order chi connectivity index (χ1) is 6.79. The number of aliphatic hydroxyl groups is 1. The molecular weight excluding hydrogens is 183 g/mol. The molecule has 1 saturated heterocycles. The van der Waals surface area contributed by atoms with E-state index in [-0.39, 0.29) is 6.61 Å². The Hall–Kier alpha value is -1.16. The molecule has 1 atom stereocenters. The maximum atomic E-state index is 12.8. The van der Waals surface area contributed by atoms with Gasteiger partial charge in [0.15, 0.2) is 0 Å². The van der Waals surface area contributed by atoms with Crippen LogP contribution in [0.25, 0.3) is 0 Å². The van der Waals surface area contributed by atoms with E-state index in [1.807, 2.05) is 4.90 Å². The highest BCUT2D eigenvalue weighted by Crippen LogP contribution is 2.21. The van der Waals surface area contributed by atoms with Crippen molar-refractivity contribution in [2.45, 2.75) is 6.42 Å². The van der Waals surface area contributed by atoms with E-state index in [0.29, 0.717) is 11.7 Å². The molecule has 0 aromatic carbocycles. The summed E-state index contributed by atoms with van der Waals surface area (Å²) < 4.78 is 12.8. The maximum absolute atomic E-state index is 12.8. The summed E-state index contributed by atoms with van der Waals surface area (Å²) in [6.07, 6.45) is 0.953. The molecule has 0 amide bonds. The third kappa shape index (κ3) is 1.85. The summed E-state index contributed by atoms with van der Waals surface area (Å²) in [6, 6.07) is 4.79. The molecule has 0 bridgehead atoms. The fourth-order valence-corrected chi connectivity index (χ4v) is 1.76. The molecule has 1 unspecified atom stereocenters. The molecule has 0 aliphatic carbocycles. The second-order valence-corrected chi connectivity index (χ2v) is 3.60. The number of nitrogens with zero attached hydrogens (tertiary/aromatic N) is 2. The average molecular weight is 196 g/mol. The molecule has 1 aromatic heterocycles. The van der Waals surface area contributed by atoms with Crippen LogP contribution in [0, 0.1) is 11.9 Å². The molecule has 2 rings (SSSR count). The van der Waals surface area contributed by atoms with Crippen molar-refractivity contribution in [2.75, 3.05) is 24.6 Å². The van der Waals surface area contributed by atoms with Crippen LogP contribution in [-0.2, 0) is 0 Å².